The number of rotatable bonds is 3. The summed E-state index contributed by atoms with van der Waals surface area (Å²) in [5, 5.41) is 17.5. The Morgan fingerprint density at radius 3 is 2.56 bits per heavy atom. The van der Waals surface area contributed by atoms with E-state index in [0.717, 1.165) is 17.0 Å². The Balaban J connectivity index is 2.96. The van der Waals surface area contributed by atoms with Crippen LogP contribution in [0.4, 0.5) is 0 Å². The normalized spacial score (nSPS) is 9.81. The minimum Gasteiger partial charge on any atom is -0.494 e. The number of H-pyrrole nitrogens is 1. The Morgan fingerprint density at radius 2 is 2.06 bits per heavy atom. The maximum absolute atomic E-state index is 11.6. The van der Waals surface area contributed by atoms with Crippen LogP contribution in [0, 0.1) is 0 Å². The number of carboxylic acids is 1. The quantitative estimate of drug-likeness (QED) is 0.627. The SMILES string of the molecule is CN(CC(=O)O)C(=O)c1cc(O)[nH]c(=O)c1. The molecule has 16 heavy (non-hydrogen) atoms. The summed E-state index contributed by atoms with van der Waals surface area (Å²) in [4.78, 5) is 35.9. The van der Waals surface area contributed by atoms with E-state index in [0.29, 0.717) is 0 Å². The average Bonchev–Trinajstić information content (AvgIpc) is 2.13. The van der Waals surface area contributed by atoms with Crippen molar-refractivity contribution in [1.82, 2.24) is 9.88 Å². The molecule has 0 saturated carbocycles. The van der Waals surface area contributed by atoms with Crippen molar-refractivity contribution in [3.63, 3.8) is 0 Å². The fourth-order valence-corrected chi connectivity index (χ4v) is 1.15. The van der Waals surface area contributed by atoms with E-state index in [2.05, 4.69) is 4.98 Å². The van der Waals surface area contributed by atoms with Gasteiger partial charge in [-0.1, -0.05) is 0 Å². The number of carbonyl (C=O) groups is 2. The van der Waals surface area contributed by atoms with Crippen LogP contribution in [0.3, 0.4) is 0 Å². The summed E-state index contributed by atoms with van der Waals surface area (Å²) < 4.78 is 0. The van der Waals surface area contributed by atoms with E-state index in [1.807, 2.05) is 0 Å². The van der Waals surface area contributed by atoms with Gasteiger partial charge in [-0.25, -0.2) is 0 Å². The number of amides is 1. The van der Waals surface area contributed by atoms with Gasteiger partial charge >= 0.3 is 5.97 Å². The summed E-state index contributed by atoms with van der Waals surface area (Å²) in [5.41, 5.74) is -0.697. The number of hydrogen-bond donors (Lipinski definition) is 3. The predicted molar refractivity (Wildman–Crippen MR) is 53.3 cm³/mol. The lowest BCUT2D eigenvalue weighted by Crippen LogP contribution is -2.32. The van der Waals surface area contributed by atoms with E-state index >= 15 is 0 Å². The average molecular weight is 226 g/mol. The lowest BCUT2D eigenvalue weighted by atomic mass is 10.2. The number of hydrogen-bond acceptors (Lipinski definition) is 4. The second-order valence-corrected chi connectivity index (χ2v) is 3.17. The number of aromatic nitrogens is 1. The van der Waals surface area contributed by atoms with Gasteiger partial charge in [0.15, 0.2) is 5.88 Å². The maximum atomic E-state index is 11.6. The highest BCUT2D eigenvalue weighted by molar-refractivity contribution is 5.95. The lowest BCUT2D eigenvalue weighted by Gasteiger charge is -2.14. The smallest absolute Gasteiger partial charge is 0.323 e. The monoisotopic (exact) mass is 226 g/mol. The topological polar surface area (TPSA) is 111 Å². The van der Waals surface area contributed by atoms with Gasteiger partial charge in [0.25, 0.3) is 11.5 Å². The van der Waals surface area contributed by atoms with Crippen molar-refractivity contribution < 1.29 is 19.8 Å². The van der Waals surface area contributed by atoms with Crippen LogP contribution < -0.4 is 5.56 Å². The number of aliphatic carboxylic acids is 1. The molecule has 3 N–H and O–H groups in total. The van der Waals surface area contributed by atoms with Gasteiger partial charge in [-0.15, -0.1) is 0 Å². The Hall–Kier alpha value is -2.31. The number of pyridine rings is 1. The molecule has 0 aliphatic rings. The molecule has 0 atom stereocenters. The number of aromatic hydroxyl groups is 1. The highest BCUT2D eigenvalue weighted by atomic mass is 16.4. The summed E-state index contributed by atoms with van der Waals surface area (Å²) in [6.45, 7) is -0.480. The van der Waals surface area contributed by atoms with Crippen molar-refractivity contribution in [3.05, 3.63) is 28.0 Å². The molecule has 7 heteroatoms. The van der Waals surface area contributed by atoms with Crippen LogP contribution in [0.15, 0.2) is 16.9 Å². The first-order chi connectivity index (χ1) is 7.40. The zero-order valence-corrected chi connectivity index (χ0v) is 8.43. The highest BCUT2D eigenvalue weighted by Crippen LogP contribution is 2.06. The first kappa shape index (κ1) is 11.8. The van der Waals surface area contributed by atoms with Crippen LogP contribution in [0.5, 0.6) is 5.88 Å². The van der Waals surface area contributed by atoms with Gasteiger partial charge in [0, 0.05) is 19.2 Å². The molecule has 0 spiro atoms. The third-order valence-corrected chi connectivity index (χ3v) is 1.80. The molecule has 0 aliphatic carbocycles. The number of carbonyl (C=O) groups excluding carboxylic acids is 1. The molecule has 1 aromatic rings. The summed E-state index contributed by atoms with van der Waals surface area (Å²) in [5.74, 6) is -2.26. The van der Waals surface area contributed by atoms with Gasteiger partial charge in [-0.2, -0.15) is 0 Å². The summed E-state index contributed by atoms with van der Waals surface area (Å²) in [7, 11) is 1.29. The van der Waals surface area contributed by atoms with E-state index in [4.69, 9.17) is 10.2 Å². The molecule has 0 radical (unpaired) electrons. The molecule has 0 aliphatic heterocycles. The van der Waals surface area contributed by atoms with Crippen LogP contribution in [0.25, 0.3) is 0 Å². The Labute approximate surface area is 89.9 Å². The van der Waals surface area contributed by atoms with Gasteiger partial charge in [0.05, 0.1) is 5.56 Å². The molecule has 0 unspecified atom stereocenters. The molecule has 0 saturated heterocycles. The van der Waals surface area contributed by atoms with E-state index in [-0.39, 0.29) is 5.56 Å². The molecule has 0 bridgehead atoms. The van der Waals surface area contributed by atoms with E-state index in [1.165, 1.54) is 7.05 Å². The van der Waals surface area contributed by atoms with Crippen LogP contribution in [-0.4, -0.2) is 45.6 Å². The number of aromatic amines is 1. The van der Waals surface area contributed by atoms with Crippen LogP contribution in [0.1, 0.15) is 10.4 Å². The van der Waals surface area contributed by atoms with Gasteiger partial charge in [0.1, 0.15) is 6.54 Å². The number of carboxylic acid groups (broad SMARTS) is 1. The van der Waals surface area contributed by atoms with Gasteiger partial charge in [-0.3, -0.25) is 19.4 Å². The minimum absolute atomic E-state index is 0.0648. The Kier molecular flexibility index (Phi) is 3.29. The molecule has 1 heterocycles. The lowest BCUT2D eigenvalue weighted by molar-refractivity contribution is -0.137. The van der Waals surface area contributed by atoms with Crippen molar-refractivity contribution >= 4 is 11.9 Å². The van der Waals surface area contributed by atoms with Crippen LogP contribution in [0.2, 0.25) is 0 Å². The van der Waals surface area contributed by atoms with Crippen molar-refractivity contribution in [2.75, 3.05) is 13.6 Å². The molecule has 86 valence electrons. The summed E-state index contributed by atoms with van der Waals surface area (Å²) >= 11 is 0. The summed E-state index contributed by atoms with van der Waals surface area (Å²) in [6, 6.07) is 2.04. The standard InChI is InChI=1S/C9H10N2O5/c1-11(4-8(14)15)9(16)5-2-6(12)10-7(13)3-5/h2-3H,4H2,1H3,(H,14,15)(H2,10,12,13). The second-order valence-electron chi connectivity index (χ2n) is 3.17. The molecule has 0 fully saturated rings. The minimum atomic E-state index is -1.16. The third kappa shape index (κ3) is 2.84. The van der Waals surface area contributed by atoms with Crippen molar-refractivity contribution in [3.8, 4) is 5.88 Å². The Morgan fingerprint density at radius 1 is 1.44 bits per heavy atom. The highest BCUT2D eigenvalue weighted by Gasteiger charge is 2.15. The fourth-order valence-electron chi connectivity index (χ4n) is 1.15. The molecule has 1 amide bonds. The summed E-state index contributed by atoms with van der Waals surface area (Å²) in [6.07, 6.45) is 0. The molecule has 1 rings (SSSR count). The molecule has 1 aromatic heterocycles. The van der Waals surface area contributed by atoms with Crippen molar-refractivity contribution in [2.24, 2.45) is 0 Å². The molecule has 7 nitrogen and oxygen atoms in total. The zero-order valence-electron chi connectivity index (χ0n) is 8.43. The maximum Gasteiger partial charge on any atom is 0.323 e. The zero-order chi connectivity index (χ0) is 12.3. The largest absolute Gasteiger partial charge is 0.494 e. The first-order valence-electron chi connectivity index (χ1n) is 4.30. The Bertz CT molecular complexity index is 479. The number of likely N-dealkylation sites (N-methyl/N-ethyl adjacent to an activating group) is 1. The first-order valence-corrected chi connectivity index (χ1v) is 4.30. The van der Waals surface area contributed by atoms with Crippen molar-refractivity contribution in [1.29, 1.82) is 0 Å². The predicted octanol–water partition coefficient (Wildman–Crippen LogP) is -0.763. The third-order valence-electron chi connectivity index (χ3n) is 1.80. The van der Waals surface area contributed by atoms with E-state index in [1.54, 1.807) is 0 Å². The molecular formula is C9H10N2O5. The van der Waals surface area contributed by atoms with E-state index in [9.17, 15) is 14.4 Å². The molecular weight excluding hydrogens is 216 g/mol. The van der Waals surface area contributed by atoms with Crippen LogP contribution >= 0.6 is 0 Å². The molecule has 0 aromatic carbocycles. The number of nitrogens with one attached hydrogen (secondary N) is 1. The fraction of sp³-hybridized carbons (Fsp3) is 0.222. The van der Waals surface area contributed by atoms with Gasteiger partial charge in [0.2, 0.25) is 0 Å². The number of nitrogens with zero attached hydrogens (tertiary/aromatic N) is 1. The van der Waals surface area contributed by atoms with Crippen LogP contribution in [-0.2, 0) is 4.79 Å². The van der Waals surface area contributed by atoms with Crippen molar-refractivity contribution in [2.45, 2.75) is 0 Å². The second kappa shape index (κ2) is 4.47. The van der Waals surface area contributed by atoms with Gasteiger partial charge in [-0.05, 0) is 0 Å². The van der Waals surface area contributed by atoms with E-state index < -0.39 is 29.9 Å². The van der Waals surface area contributed by atoms with Gasteiger partial charge < -0.3 is 15.1 Å².